The van der Waals surface area contributed by atoms with Crippen LogP contribution >= 0.6 is 11.6 Å². The van der Waals surface area contributed by atoms with E-state index in [1.54, 1.807) is 24.3 Å². The van der Waals surface area contributed by atoms with Gasteiger partial charge in [0.25, 0.3) is 5.91 Å². The number of carbonyl (C=O) groups is 2. The lowest BCUT2D eigenvalue weighted by Crippen LogP contribution is -2.53. The molecule has 0 bridgehead atoms. The van der Waals surface area contributed by atoms with Crippen LogP contribution in [0.15, 0.2) is 36.4 Å². The lowest BCUT2D eigenvalue weighted by molar-refractivity contribution is -0.130. The van der Waals surface area contributed by atoms with Gasteiger partial charge in [0.2, 0.25) is 5.91 Å². The number of benzene rings is 2. The number of halogens is 1. The summed E-state index contributed by atoms with van der Waals surface area (Å²) in [7, 11) is 0. The molecule has 9 unspecified atom stereocenters. The molecule has 0 spiro atoms. The number of nitrogens with two attached hydrogens (primary N) is 3. The zero-order valence-electron chi connectivity index (χ0n) is 37.2. The third-order valence-corrected chi connectivity index (χ3v) is 12.0. The van der Waals surface area contributed by atoms with Crippen molar-refractivity contribution in [3.05, 3.63) is 75.1 Å². The van der Waals surface area contributed by atoms with Crippen molar-refractivity contribution in [3.8, 4) is 0 Å². The van der Waals surface area contributed by atoms with Crippen molar-refractivity contribution in [2.45, 2.75) is 119 Å². The maximum atomic E-state index is 13.3. The average molecular weight is 964 g/mol. The Labute approximate surface area is 393 Å². The van der Waals surface area contributed by atoms with E-state index in [1.807, 2.05) is 6.07 Å². The average Bonchev–Trinajstić information content (AvgIpc) is 3.31. The predicted octanol–water partition coefficient (Wildman–Crippen LogP) is -2.93. The number of aliphatic hydroxyl groups is 10. The van der Waals surface area contributed by atoms with Crippen molar-refractivity contribution in [2.24, 2.45) is 5.73 Å². The van der Waals surface area contributed by atoms with Crippen LogP contribution in [0.1, 0.15) is 70.4 Å². The molecule has 1 aliphatic carbocycles. The van der Waals surface area contributed by atoms with E-state index in [2.05, 4.69) is 32.0 Å². The summed E-state index contributed by atoms with van der Waals surface area (Å²) in [6.45, 7) is -1.89. The van der Waals surface area contributed by atoms with Crippen molar-refractivity contribution in [3.63, 3.8) is 0 Å². The molecule has 22 nitrogen and oxygen atoms in total. The van der Waals surface area contributed by atoms with E-state index >= 15 is 0 Å². The van der Waals surface area contributed by atoms with E-state index in [4.69, 9.17) is 44.4 Å². The van der Waals surface area contributed by atoms with E-state index in [1.165, 1.54) is 21.6 Å². The monoisotopic (exact) mass is 962 g/mol. The minimum atomic E-state index is -1.89. The fourth-order valence-electron chi connectivity index (χ4n) is 7.88. The number of nitrogens with one attached hydrogen (secondary N) is 4. The molecule has 0 saturated carbocycles. The van der Waals surface area contributed by atoms with Crippen LogP contribution in [-0.2, 0) is 36.9 Å². The van der Waals surface area contributed by atoms with Crippen LogP contribution in [0.3, 0.4) is 0 Å². The van der Waals surface area contributed by atoms with Gasteiger partial charge in [-0.05, 0) is 111 Å². The second-order valence-electron chi connectivity index (χ2n) is 16.9. The standard InChI is InChI=1S/C44H67ClN10O12/c45-39-41(48)53-40(47)34(52-39)43(67)54-44(49)50-16-4-3-7-24-12-13-25(28-9-2-1-8-27(24)28)18-29(46)42(66)51-26-14-10-23(11-15-26)6-5-17-55(19-30(58)35(62)37(64)32(60)21-56)20-31(59)36(63)38(65)33(61)22-57/h10-15,29-33,35-38,56-65H,1-9,16-22,46H2,(H,51,66)(H4,47,48,53)(H3,49,50,54,67). The highest BCUT2D eigenvalue weighted by Gasteiger charge is 2.34. The van der Waals surface area contributed by atoms with Crippen LogP contribution in [0.5, 0.6) is 0 Å². The van der Waals surface area contributed by atoms with Gasteiger partial charge in [0, 0.05) is 25.3 Å². The van der Waals surface area contributed by atoms with Crippen LogP contribution in [0, 0.1) is 5.41 Å². The Kier molecular flexibility index (Phi) is 22.0. The molecule has 20 N–H and O–H groups in total. The Morgan fingerprint density at radius 1 is 0.731 bits per heavy atom. The summed E-state index contributed by atoms with van der Waals surface area (Å²) in [4.78, 5) is 34.9. The molecule has 67 heavy (non-hydrogen) atoms. The fraction of sp³-hybridized carbons (Fsp3) is 0.568. The summed E-state index contributed by atoms with van der Waals surface area (Å²) in [5.74, 6) is -1.62. The molecule has 0 saturated heterocycles. The first-order valence-corrected chi connectivity index (χ1v) is 22.6. The largest absolute Gasteiger partial charge is 0.394 e. The number of nitrogen functional groups attached to an aromatic ring is 2. The Morgan fingerprint density at radius 2 is 1.28 bits per heavy atom. The number of hydrogen-bond acceptors (Lipinski definition) is 19. The maximum absolute atomic E-state index is 13.3. The molecular formula is C44H67ClN10O12. The summed E-state index contributed by atoms with van der Waals surface area (Å²) in [6, 6.07) is 10.4. The second-order valence-corrected chi connectivity index (χ2v) is 17.2. The van der Waals surface area contributed by atoms with Crippen LogP contribution in [0.25, 0.3) is 0 Å². The van der Waals surface area contributed by atoms with Gasteiger partial charge in [-0.1, -0.05) is 35.9 Å². The topological polar surface area (TPSA) is 403 Å². The summed E-state index contributed by atoms with van der Waals surface area (Å²) in [5.41, 5.74) is 23.7. The smallest absolute Gasteiger partial charge is 0.280 e. The van der Waals surface area contributed by atoms with Gasteiger partial charge in [-0.2, -0.15) is 0 Å². The zero-order valence-corrected chi connectivity index (χ0v) is 38.0. The first-order chi connectivity index (χ1) is 31.8. The Hall–Kier alpha value is -4.66. The molecule has 0 fully saturated rings. The van der Waals surface area contributed by atoms with E-state index in [0.717, 1.165) is 56.1 Å². The molecule has 9 atom stereocenters. The van der Waals surface area contributed by atoms with Crippen molar-refractivity contribution < 1.29 is 60.7 Å². The van der Waals surface area contributed by atoms with E-state index in [0.29, 0.717) is 31.5 Å². The second kappa shape index (κ2) is 26.8. The summed E-state index contributed by atoms with van der Waals surface area (Å²) >= 11 is 5.86. The quantitative estimate of drug-likeness (QED) is 0.0217. The van der Waals surface area contributed by atoms with Crippen molar-refractivity contribution in [1.82, 2.24) is 25.5 Å². The molecule has 2 aromatic carbocycles. The molecule has 4 rings (SSSR count). The van der Waals surface area contributed by atoms with Crippen LogP contribution < -0.4 is 33.2 Å². The molecule has 1 aliphatic rings. The molecule has 1 heterocycles. The Balaban J connectivity index is 1.27. The molecule has 0 aliphatic heterocycles. The van der Waals surface area contributed by atoms with Crippen molar-refractivity contribution >= 4 is 46.7 Å². The number of aromatic nitrogens is 2. The lowest BCUT2D eigenvalue weighted by atomic mass is 9.82. The summed E-state index contributed by atoms with van der Waals surface area (Å²) in [6.07, 6.45) is -6.87. The van der Waals surface area contributed by atoms with Gasteiger partial charge in [0.05, 0.1) is 31.5 Å². The third kappa shape index (κ3) is 16.2. The molecule has 2 amide bonds. The molecular weight excluding hydrogens is 896 g/mol. The van der Waals surface area contributed by atoms with Gasteiger partial charge >= 0.3 is 0 Å². The summed E-state index contributed by atoms with van der Waals surface area (Å²) < 4.78 is 0. The van der Waals surface area contributed by atoms with Crippen LogP contribution in [0.2, 0.25) is 5.15 Å². The minimum absolute atomic E-state index is 0.106. The number of guanidine groups is 1. The van der Waals surface area contributed by atoms with Gasteiger partial charge in [0.1, 0.15) is 36.6 Å². The molecule has 1 aromatic heterocycles. The van der Waals surface area contributed by atoms with Gasteiger partial charge < -0.3 is 78.9 Å². The number of unbranched alkanes of at least 4 members (excludes halogenated alkanes) is 1. The molecule has 0 radical (unpaired) electrons. The zero-order chi connectivity index (χ0) is 49.4. The number of anilines is 3. The van der Waals surface area contributed by atoms with Crippen LogP contribution in [-0.4, -0.2) is 178 Å². The fourth-order valence-corrected chi connectivity index (χ4v) is 8.00. The Bertz CT molecular complexity index is 2040. The highest BCUT2D eigenvalue weighted by molar-refractivity contribution is 6.31. The first kappa shape index (κ1) is 54.9. The summed E-state index contributed by atoms with van der Waals surface area (Å²) in [5, 5.41) is 116. The predicted molar refractivity (Wildman–Crippen MR) is 249 cm³/mol. The van der Waals surface area contributed by atoms with E-state index in [-0.39, 0.29) is 54.0 Å². The maximum Gasteiger partial charge on any atom is 0.280 e. The number of nitrogens with zero attached hydrogens (tertiary/aromatic N) is 3. The van der Waals surface area contributed by atoms with Gasteiger partial charge in [0.15, 0.2) is 28.4 Å². The number of fused-ring (bicyclic) bond motifs is 1. The highest BCUT2D eigenvalue weighted by Crippen LogP contribution is 2.30. The number of aliphatic hydroxyl groups excluding tert-OH is 10. The Morgan fingerprint density at radius 3 is 1.87 bits per heavy atom. The molecule has 23 heteroatoms. The number of hydrogen-bond donors (Lipinski definition) is 17. The number of rotatable bonds is 26. The lowest BCUT2D eigenvalue weighted by Gasteiger charge is -2.33. The van der Waals surface area contributed by atoms with E-state index in [9.17, 15) is 50.4 Å². The van der Waals surface area contributed by atoms with Crippen molar-refractivity contribution in [2.75, 3.05) is 56.2 Å². The number of carbonyl (C=O) groups excluding carboxylic acids is 2. The van der Waals surface area contributed by atoms with Gasteiger partial charge in [-0.15, -0.1) is 0 Å². The normalized spacial score (nSPS) is 16.7. The number of aryl methyl sites for hydroxylation is 2. The van der Waals surface area contributed by atoms with Crippen molar-refractivity contribution in [1.29, 1.82) is 5.41 Å². The van der Waals surface area contributed by atoms with E-state index < -0.39 is 74.0 Å². The highest BCUT2D eigenvalue weighted by atomic mass is 35.5. The molecule has 372 valence electrons. The SMILES string of the molecule is N=C(NCCCCc1ccc(CC(N)C(=O)Nc2ccc(CCCN(CC(O)C(O)C(O)C(O)CO)CC(O)C(O)C(O)C(O)CO)cc2)c2c1CCCC2)NC(=O)c1nc(Cl)c(N)nc1N. The van der Waals surface area contributed by atoms with Crippen LogP contribution in [0.4, 0.5) is 17.3 Å². The van der Waals surface area contributed by atoms with Gasteiger partial charge in [-0.25, -0.2) is 9.97 Å². The third-order valence-electron chi connectivity index (χ3n) is 11.7. The number of amides is 2. The van der Waals surface area contributed by atoms with Gasteiger partial charge in [-0.3, -0.25) is 25.2 Å². The molecule has 3 aromatic rings. The minimum Gasteiger partial charge on any atom is -0.394 e. The first-order valence-electron chi connectivity index (χ1n) is 22.2.